The molecule has 0 saturated carbocycles. The molecule has 2 aliphatic carbocycles. The molecule has 10 rings (SSSR count). The first-order valence-corrected chi connectivity index (χ1v) is 19.6. The van der Waals surface area contributed by atoms with Crippen molar-refractivity contribution >= 4 is 38.6 Å². The minimum absolute atomic E-state index is 0.125. The maximum atomic E-state index is 2.53. The van der Waals surface area contributed by atoms with Crippen molar-refractivity contribution in [2.24, 2.45) is 0 Å². The standard InChI is InChI=1S/C53H45N/c1-6-13-34-22-24-35(25-23-34)36-26-28-37(29-27-36)54(48-32-30-40-38-14-7-9-18-44(38)52(2,3)46-20-11-16-42(48)50(40)46)49-33-31-41-39-15-8-10-19-45(39)53(4,5)47-21-12-17-43(49)51(41)47/h7-12,14-33H,6,13H2,1-5H3. The summed E-state index contributed by atoms with van der Waals surface area (Å²) in [6, 6.07) is 59.7. The summed E-state index contributed by atoms with van der Waals surface area (Å²) in [5.41, 5.74) is 18.0. The molecule has 0 spiro atoms. The highest BCUT2D eigenvalue weighted by Crippen LogP contribution is 2.54. The molecule has 0 atom stereocenters. The van der Waals surface area contributed by atoms with E-state index in [1.54, 1.807) is 0 Å². The van der Waals surface area contributed by atoms with Crippen LogP contribution in [0, 0.1) is 0 Å². The number of benzene rings is 8. The summed E-state index contributed by atoms with van der Waals surface area (Å²) in [5, 5.41) is 5.25. The SMILES string of the molecule is CCCc1ccc(-c2ccc(N(c3ccc4c5c(cccc35)C(C)(C)c3ccccc3-4)c3ccc4c5c(cccc35)C(C)(C)c3ccccc3-4)cc2)cc1. The summed E-state index contributed by atoms with van der Waals surface area (Å²) >= 11 is 0. The zero-order valence-corrected chi connectivity index (χ0v) is 31.9. The lowest BCUT2D eigenvalue weighted by Crippen LogP contribution is -2.24. The van der Waals surface area contributed by atoms with Crippen LogP contribution < -0.4 is 4.90 Å². The summed E-state index contributed by atoms with van der Waals surface area (Å²) in [6.45, 7) is 11.8. The average Bonchev–Trinajstić information content (AvgIpc) is 3.20. The Labute approximate surface area is 319 Å². The number of hydrogen-bond acceptors (Lipinski definition) is 1. The number of anilines is 3. The highest BCUT2D eigenvalue weighted by Gasteiger charge is 2.36. The molecule has 0 aliphatic heterocycles. The molecule has 0 heterocycles. The van der Waals surface area contributed by atoms with E-state index in [1.165, 1.54) is 94.1 Å². The quantitative estimate of drug-likeness (QED) is 0.167. The molecule has 54 heavy (non-hydrogen) atoms. The lowest BCUT2D eigenvalue weighted by Gasteiger charge is -2.37. The Morgan fingerprint density at radius 2 is 0.852 bits per heavy atom. The van der Waals surface area contributed by atoms with Crippen molar-refractivity contribution in [2.45, 2.75) is 58.3 Å². The molecule has 0 saturated heterocycles. The van der Waals surface area contributed by atoms with Crippen molar-refractivity contribution in [3.8, 4) is 33.4 Å². The second-order valence-corrected chi connectivity index (χ2v) is 16.4. The Morgan fingerprint density at radius 3 is 1.33 bits per heavy atom. The monoisotopic (exact) mass is 695 g/mol. The number of rotatable bonds is 6. The third kappa shape index (κ3) is 4.70. The van der Waals surface area contributed by atoms with E-state index < -0.39 is 0 Å². The fourth-order valence-electron chi connectivity index (χ4n) is 9.84. The fraction of sp³-hybridized carbons (Fsp3) is 0.170. The summed E-state index contributed by atoms with van der Waals surface area (Å²) in [5.74, 6) is 0. The van der Waals surface area contributed by atoms with Gasteiger partial charge in [-0.1, -0.05) is 174 Å². The molecule has 0 N–H and O–H groups in total. The van der Waals surface area contributed by atoms with Gasteiger partial charge in [-0.2, -0.15) is 0 Å². The first kappa shape index (κ1) is 32.7. The van der Waals surface area contributed by atoms with Gasteiger partial charge in [0.25, 0.3) is 0 Å². The van der Waals surface area contributed by atoms with E-state index in [0.29, 0.717) is 0 Å². The van der Waals surface area contributed by atoms with Crippen LogP contribution in [0.3, 0.4) is 0 Å². The minimum atomic E-state index is -0.125. The molecule has 1 heteroatoms. The number of hydrogen-bond donors (Lipinski definition) is 0. The van der Waals surface area contributed by atoms with Crippen LogP contribution in [-0.4, -0.2) is 0 Å². The molecule has 0 unspecified atom stereocenters. The molecule has 8 aromatic rings. The van der Waals surface area contributed by atoms with Crippen molar-refractivity contribution in [3.63, 3.8) is 0 Å². The predicted octanol–water partition coefficient (Wildman–Crippen LogP) is 14.7. The first-order chi connectivity index (χ1) is 26.3. The summed E-state index contributed by atoms with van der Waals surface area (Å²) < 4.78 is 0. The van der Waals surface area contributed by atoms with Gasteiger partial charge in [0.15, 0.2) is 0 Å². The second kappa shape index (κ2) is 12.1. The second-order valence-electron chi connectivity index (χ2n) is 16.4. The van der Waals surface area contributed by atoms with Crippen LogP contribution >= 0.6 is 0 Å². The molecule has 1 nitrogen and oxygen atoms in total. The molecule has 0 amide bonds. The number of nitrogens with zero attached hydrogens (tertiary/aromatic N) is 1. The van der Waals surface area contributed by atoms with E-state index in [9.17, 15) is 0 Å². The average molecular weight is 696 g/mol. The van der Waals surface area contributed by atoms with Crippen LogP contribution in [0.2, 0.25) is 0 Å². The van der Waals surface area contributed by atoms with Gasteiger partial charge < -0.3 is 4.90 Å². The molecule has 8 aromatic carbocycles. The van der Waals surface area contributed by atoms with Gasteiger partial charge in [0.2, 0.25) is 0 Å². The van der Waals surface area contributed by atoms with Crippen molar-refractivity contribution in [1.29, 1.82) is 0 Å². The van der Waals surface area contributed by atoms with Crippen molar-refractivity contribution in [2.75, 3.05) is 4.90 Å². The van der Waals surface area contributed by atoms with E-state index in [2.05, 4.69) is 197 Å². The Kier molecular flexibility index (Phi) is 7.30. The number of aryl methyl sites for hydroxylation is 1. The maximum absolute atomic E-state index is 2.53. The third-order valence-corrected chi connectivity index (χ3v) is 12.6. The molecule has 0 fully saturated rings. The van der Waals surface area contributed by atoms with Crippen LogP contribution in [0.1, 0.15) is 68.9 Å². The van der Waals surface area contributed by atoms with Crippen LogP contribution in [0.4, 0.5) is 17.1 Å². The Hall–Kier alpha value is -5.92. The zero-order chi connectivity index (χ0) is 36.8. The molecule has 0 bridgehead atoms. The highest BCUT2D eigenvalue weighted by molar-refractivity contribution is 6.14. The number of fused-ring (bicyclic) bond motifs is 4. The van der Waals surface area contributed by atoms with Crippen molar-refractivity contribution in [3.05, 3.63) is 186 Å². The van der Waals surface area contributed by atoms with E-state index in [0.717, 1.165) is 18.5 Å². The minimum Gasteiger partial charge on any atom is -0.309 e. The van der Waals surface area contributed by atoms with Crippen molar-refractivity contribution in [1.82, 2.24) is 0 Å². The van der Waals surface area contributed by atoms with Crippen LogP contribution in [0.5, 0.6) is 0 Å². The predicted molar refractivity (Wildman–Crippen MR) is 231 cm³/mol. The lowest BCUT2D eigenvalue weighted by molar-refractivity contribution is 0.645. The van der Waals surface area contributed by atoms with E-state index >= 15 is 0 Å². The van der Waals surface area contributed by atoms with Gasteiger partial charge in [0, 0.05) is 27.3 Å². The highest BCUT2D eigenvalue weighted by atomic mass is 15.1. The smallest absolute Gasteiger partial charge is 0.0540 e. The molecular formula is C53H45N. The van der Waals surface area contributed by atoms with Gasteiger partial charge in [0.05, 0.1) is 11.4 Å². The maximum Gasteiger partial charge on any atom is 0.0540 e. The normalized spacial score (nSPS) is 14.5. The van der Waals surface area contributed by atoms with Gasteiger partial charge in [0.1, 0.15) is 0 Å². The topological polar surface area (TPSA) is 3.24 Å². The fourth-order valence-corrected chi connectivity index (χ4v) is 9.84. The van der Waals surface area contributed by atoms with Gasteiger partial charge in [-0.05, 0) is 103 Å². The van der Waals surface area contributed by atoms with Crippen molar-refractivity contribution < 1.29 is 0 Å². The van der Waals surface area contributed by atoms with Crippen LogP contribution in [0.25, 0.3) is 54.9 Å². The van der Waals surface area contributed by atoms with Gasteiger partial charge in [-0.15, -0.1) is 0 Å². The van der Waals surface area contributed by atoms with Gasteiger partial charge in [-0.3, -0.25) is 0 Å². The van der Waals surface area contributed by atoms with E-state index in [4.69, 9.17) is 0 Å². The largest absolute Gasteiger partial charge is 0.309 e. The van der Waals surface area contributed by atoms with E-state index in [1.807, 2.05) is 0 Å². The third-order valence-electron chi connectivity index (χ3n) is 12.6. The zero-order valence-electron chi connectivity index (χ0n) is 31.9. The molecule has 262 valence electrons. The molecule has 0 radical (unpaired) electrons. The lowest BCUT2D eigenvalue weighted by atomic mass is 9.68. The first-order valence-electron chi connectivity index (χ1n) is 19.6. The van der Waals surface area contributed by atoms with Gasteiger partial charge >= 0.3 is 0 Å². The summed E-state index contributed by atoms with van der Waals surface area (Å²) in [4.78, 5) is 2.53. The molecule has 0 aromatic heterocycles. The molecular weight excluding hydrogens is 651 g/mol. The van der Waals surface area contributed by atoms with Gasteiger partial charge in [-0.25, -0.2) is 0 Å². The summed E-state index contributed by atoms with van der Waals surface area (Å²) in [6.07, 6.45) is 2.27. The Balaban J connectivity index is 1.23. The van der Waals surface area contributed by atoms with Crippen LogP contribution in [0.15, 0.2) is 158 Å². The molecule has 2 aliphatic rings. The Morgan fingerprint density at radius 1 is 0.407 bits per heavy atom. The summed E-state index contributed by atoms with van der Waals surface area (Å²) in [7, 11) is 0. The Bertz CT molecular complexity index is 2620. The van der Waals surface area contributed by atoms with E-state index in [-0.39, 0.29) is 10.8 Å². The van der Waals surface area contributed by atoms with Crippen LogP contribution in [-0.2, 0) is 17.3 Å².